The molecule has 0 N–H and O–H groups in total. The van der Waals surface area contributed by atoms with Gasteiger partial charge in [0.1, 0.15) is 0 Å². The van der Waals surface area contributed by atoms with Gasteiger partial charge in [0.15, 0.2) is 5.78 Å². The van der Waals surface area contributed by atoms with E-state index in [1.807, 2.05) is 32.6 Å². The second kappa shape index (κ2) is 4.55. The van der Waals surface area contributed by atoms with E-state index in [9.17, 15) is 13.6 Å². The third-order valence-corrected chi connectivity index (χ3v) is 4.56. The van der Waals surface area contributed by atoms with Gasteiger partial charge < -0.3 is 0 Å². The summed E-state index contributed by atoms with van der Waals surface area (Å²) in [6.45, 7) is 8.07. The number of hydrogen-bond donors (Lipinski definition) is 0. The minimum atomic E-state index is -2.58. The number of carbonyl (C=O) groups excluding carboxylic acids is 1. The van der Waals surface area contributed by atoms with Crippen LogP contribution >= 0.6 is 0 Å². The van der Waals surface area contributed by atoms with Crippen molar-refractivity contribution in [3.63, 3.8) is 0 Å². The lowest BCUT2D eigenvalue weighted by molar-refractivity contribution is -0.128. The topological polar surface area (TPSA) is 20.3 Å². The van der Waals surface area contributed by atoms with Crippen LogP contribution in [0.25, 0.3) is 0 Å². The van der Waals surface area contributed by atoms with E-state index in [4.69, 9.17) is 0 Å². The molecule has 2 fully saturated rings. The van der Waals surface area contributed by atoms with Gasteiger partial charge in [-0.3, -0.25) is 9.69 Å². The summed E-state index contributed by atoms with van der Waals surface area (Å²) in [6.07, 6.45) is 0.445. The molecule has 1 saturated heterocycles. The first-order valence-electron chi connectivity index (χ1n) is 6.93. The van der Waals surface area contributed by atoms with Crippen LogP contribution in [-0.4, -0.2) is 35.2 Å². The SMILES string of the molecule is CC(C)C(=O)[C@@H]1[C@H]2CCC(F)(F)[C@H]2CN1C(C)C. The van der Waals surface area contributed by atoms with E-state index in [1.54, 1.807) is 0 Å². The summed E-state index contributed by atoms with van der Waals surface area (Å²) in [5.74, 6) is -3.29. The molecule has 2 nitrogen and oxygen atoms in total. The molecule has 1 aliphatic heterocycles. The number of ketones is 1. The Morgan fingerprint density at radius 2 is 1.89 bits per heavy atom. The fourth-order valence-corrected chi connectivity index (χ4v) is 3.54. The van der Waals surface area contributed by atoms with Crippen LogP contribution < -0.4 is 0 Å². The van der Waals surface area contributed by atoms with Gasteiger partial charge in [0.25, 0.3) is 5.92 Å². The highest BCUT2D eigenvalue weighted by molar-refractivity contribution is 5.86. The van der Waals surface area contributed by atoms with Crippen molar-refractivity contribution in [2.45, 2.75) is 58.5 Å². The lowest BCUT2D eigenvalue weighted by Crippen LogP contribution is -2.45. The van der Waals surface area contributed by atoms with Gasteiger partial charge in [-0.15, -0.1) is 0 Å². The number of hydrogen-bond acceptors (Lipinski definition) is 2. The van der Waals surface area contributed by atoms with Gasteiger partial charge in [0, 0.05) is 30.8 Å². The third-order valence-electron chi connectivity index (χ3n) is 4.56. The summed E-state index contributed by atoms with van der Waals surface area (Å²) in [4.78, 5) is 14.3. The smallest absolute Gasteiger partial charge is 0.252 e. The number of halogens is 2. The van der Waals surface area contributed by atoms with Gasteiger partial charge in [0.05, 0.1) is 6.04 Å². The zero-order valence-corrected chi connectivity index (χ0v) is 11.6. The monoisotopic (exact) mass is 259 g/mol. The largest absolute Gasteiger partial charge is 0.298 e. The predicted octanol–water partition coefficient (Wildman–Crippen LogP) is 2.97. The van der Waals surface area contributed by atoms with Crippen molar-refractivity contribution >= 4 is 5.78 Å². The first-order valence-corrected chi connectivity index (χ1v) is 6.93. The maximum absolute atomic E-state index is 13.8. The minimum absolute atomic E-state index is 0.0455. The predicted molar refractivity (Wildman–Crippen MR) is 66.6 cm³/mol. The molecule has 0 aromatic carbocycles. The van der Waals surface area contributed by atoms with Crippen LogP contribution in [0.1, 0.15) is 40.5 Å². The van der Waals surface area contributed by atoms with Gasteiger partial charge in [-0.05, 0) is 26.2 Å². The molecule has 2 aliphatic rings. The molecule has 2 rings (SSSR count). The Hall–Kier alpha value is -0.510. The Kier molecular flexibility index (Phi) is 3.52. The molecule has 18 heavy (non-hydrogen) atoms. The lowest BCUT2D eigenvalue weighted by Gasteiger charge is -2.31. The normalized spacial score (nSPS) is 35.4. The van der Waals surface area contributed by atoms with E-state index < -0.39 is 11.8 Å². The van der Waals surface area contributed by atoms with Crippen molar-refractivity contribution in [2.24, 2.45) is 17.8 Å². The van der Waals surface area contributed by atoms with Crippen molar-refractivity contribution in [1.29, 1.82) is 0 Å². The standard InChI is InChI=1S/C14H23F2NO/c1-8(2)13(18)12-10-5-6-14(15,16)11(10)7-17(12)9(3)4/h8-12H,5-7H2,1-4H3/t10-,11-,12-/m0/s1. The highest BCUT2D eigenvalue weighted by atomic mass is 19.3. The number of carbonyl (C=O) groups is 1. The Bertz CT molecular complexity index is 341. The number of likely N-dealkylation sites (tertiary alicyclic amines) is 1. The highest BCUT2D eigenvalue weighted by Crippen LogP contribution is 2.51. The molecule has 0 aromatic rings. The van der Waals surface area contributed by atoms with Crippen LogP contribution in [0.15, 0.2) is 0 Å². The molecular weight excluding hydrogens is 236 g/mol. The van der Waals surface area contributed by atoms with Gasteiger partial charge in [0.2, 0.25) is 0 Å². The Labute approximate surface area is 108 Å². The van der Waals surface area contributed by atoms with Crippen LogP contribution in [-0.2, 0) is 4.79 Å². The van der Waals surface area contributed by atoms with E-state index >= 15 is 0 Å². The molecule has 0 unspecified atom stereocenters. The van der Waals surface area contributed by atoms with Crippen LogP contribution in [0.3, 0.4) is 0 Å². The van der Waals surface area contributed by atoms with E-state index in [0.29, 0.717) is 13.0 Å². The second-order valence-electron chi connectivity index (χ2n) is 6.36. The molecule has 3 atom stereocenters. The molecule has 0 spiro atoms. The van der Waals surface area contributed by atoms with Crippen molar-refractivity contribution in [1.82, 2.24) is 4.90 Å². The highest BCUT2D eigenvalue weighted by Gasteiger charge is 2.59. The zero-order chi connectivity index (χ0) is 13.7. The average molecular weight is 259 g/mol. The summed E-state index contributed by atoms with van der Waals surface area (Å²) in [5.41, 5.74) is 0. The van der Waals surface area contributed by atoms with Gasteiger partial charge >= 0.3 is 0 Å². The summed E-state index contributed by atoms with van der Waals surface area (Å²) in [5, 5.41) is 0. The lowest BCUT2D eigenvalue weighted by atomic mass is 9.87. The third kappa shape index (κ3) is 2.09. The fraction of sp³-hybridized carbons (Fsp3) is 0.929. The molecule has 0 amide bonds. The Morgan fingerprint density at radius 3 is 2.39 bits per heavy atom. The van der Waals surface area contributed by atoms with E-state index in [-0.39, 0.29) is 36.1 Å². The summed E-state index contributed by atoms with van der Waals surface area (Å²) in [7, 11) is 0. The maximum atomic E-state index is 13.8. The summed E-state index contributed by atoms with van der Waals surface area (Å²) < 4.78 is 27.7. The molecule has 4 heteroatoms. The molecule has 0 bridgehead atoms. The Balaban J connectivity index is 2.27. The first-order chi connectivity index (χ1) is 8.25. The number of rotatable bonds is 3. The summed E-state index contributed by atoms with van der Waals surface area (Å²) >= 11 is 0. The van der Waals surface area contributed by atoms with Crippen molar-refractivity contribution in [2.75, 3.05) is 6.54 Å². The van der Waals surface area contributed by atoms with Gasteiger partial charge in [-0.2, -0.15) is 0 Å². The molecule has 1 aliphatic carbocycles. The van der Waals surface area contributed by atoms with Crippen molar-refractivity contribution < 1.29 is 13.6 Å². The maximum Gasteiger partial charge on any atom is 0.252 e. The van der Waals surface area contributed by atoms with Crippen molar-refractivity contribution in [3.8, 4) is 0 Å². The van der Waals surface area contributed by atoms with Crippen LogP contribution in [0, 0.1) is 17.8 Å². The number of fused-ring (bicyclic) bond motifs is 1. The average Bonchev–Trinajstić information content (AvgIpc) is 2.76. The molecule has 104 valence electrons. The number of alkyl halides is 2. The van der Waals surface area contributed by atoms with Crippen LogP contribution in [0.2, 0.25) is 0 Å². The fourth-order valence-electron chi connectivity index (χ4n) is 3.54. The molecule has 1 heterocycles. The van der Waals surface area contributed by atoms with Gasteiger partial charge in [-0.25, -0.2) is 8.78 Å². The van der Waals surface area contributed by atoms with Crippen LogP contribution in [0.5, 0.6) is 0 Å². The quantitative estimate of drug-likeness (QED) is 0.776. The Morgan fingerprint density at radius 1 is 1.28 bits per heavy atom. The number of nitrogens with zero attached hydrogens (tertiary/aromatic N) is 1. The van der Waals surface area contributed by atoms with Crippen molar-refractivity contribution in [3.05, 3.63) is 0 Å². The first kappa shape index (κ1) is 13.9. The van der Waals surface area contributed by atoms with E-state index in [2.05, 4.69) is 0 Å². The van der Waals surface area contributed by atoms with Gasteiger partial charge in [-0.1, -0.05) is 13.8 Å². The van der Waals surface area contributed by atoms with E-state index in [1.165, 1.54) is 0 Å². The molecule has 1 saturated carbocycles. The molecule has 0 radical (unpaired) electrons. The second-order valence-corrected chi connectivity index (χ2v) is 6.36. The molecular formula is C14H23F2NO. The van der Waals surface area contributed by atoms with Crippen LogP contribution in [0.4, 0.5) is 8.78 Å². The summed E-state index contributed by atoms with van der Waals surface area (Å²) in [6, 6.07) is -0.137. The number of Topliss-reactive ketones (excluding diaryl/α,β-unsaturated/α-hetero) is 1. The minimum Gasteiger partial charge on any atom is -0.298 e. The zero-order valence-electron chi connectivity index (χ0n) is 11.6. The van der Waals surface area contributed by atoms with E-state index in [0.717, 1.165) is 0 Å². The molecule has 0 aromatic heterocycles.